The highest BCUT2D eigenvalue weighted by Crippen LogP contribution is 2.31. The van der Waals surface area contributed by atoms with Crippen molar-refractivity contribution in [3.63, 3.8) is 0 Å². The molecule has 1 heterocycles. The molecule has 1 saturated heterocycles. The lowest BCUT2D eigenvalue weighted by Crippen LogP contribution is -2.42. The number of likely N-dealkylation sites (tertiary alicyclic amines) is 1. The Labute approximate surface area is 212 Å². The highest BCUT2D eigenvalue weighted by Gasteiger charge is 2.23. The van der Waals surface area contributed by atoms with Crippen LogP contribution in [0.3, 0.4) is 0 Å². The molecule has 0 bridgehead atoms. The second-order valence-corrected chi connectivity index (χ2v) is 8.84. The van der Waals surface area contributed by atoms with Crippen LogP contribution in [0.25, 0.3) is 0 Å². The van der Waals surface area contributed by atoms with Crippen molar-refractivity contribution in [3.05, 3.63) is 63.6 Å². The molecule has 0 aliphatic carbocycles. The van der Waals surface area contributed by atoms with Gasteiger partial charge in [-0.1, -0.05) is 66.9 Å². The number of benzene rings is 2. The Morgan fingerprint density at radius 2 is 1.79 bits per heavy atom. The lowest BCUT2D eigenvalue weighted by molar-refractivity contribution is -0.139. The Bertz CT molecular complexity index is 911. The number of aromatic hydroxyl groups is 1. The summed E-state index contributed by atoms with van der Waals surface area (Å²) in [4.78, 5) is 26.0. The Balaban J connectivity index is 0.000000839. The Morgan fingerprint density at radius 3 is 2.33 bits per heavy atom. The van der Waals surface area contributed by atoms with E-state index >= 15 is 0 Å². The predicted molar refractivity (Wildman–Crippen MR) is 137 cm³/mol. The zero-order valence-corrected chi connectivity index (χ0v) is 21.1. The van der Waals surface area contributed by atoms with Gasteiger partial charge < -0.3 is 20.4 Å². The second kappa shape index (κ2) is 14.3. The topological polar surface area (TPSA) is 89.9 Å². The van der Waals surface area contributed by atoms with Gasteiger partial charge in [0.15, 0.2) is 0 Å². The van der Waals surface area contributed by atoms with Crippen molar-refractivity contribution in [1.82, 2.24) is 10.2 Å². The van der Waals surface area contributed by atoms with Crippen LogP contribution in [0.2, 0.25) is 10.0 Å². The van der Waals surface area contributed by atoms with Gasteiger partial charge in [0.05, 0.1) is 10.6 Å². The number of carboxylic acid groups (broad SMARTS) is 1. The van der Waals surface area contributed by atoms with Gasteiger partial charge in [-0.25, -0.2) is 4.79 Å². The first-order valence-electron chi connectivity index (χ1n) is 10.6. The van der Waals surface area contributed by atoms with Crippen molar-refractivity contribution < 1.29 is 21.2 Å². The van der Waals surface area contributed by atoms with E-state index in [0.717, 1.165) is 11.5 Å². The van der Waals surface area contributed by atoms with Crippen LogP contribution < -0.4 is 5.32 Å². The number of carboxylic acids is 1. The molecule has 0 saturated carbocycles. The van der Waals surface area contributed by atoms with E-state index in [1.54, 1.807) is 24.3 Å². The predicted octanol–water partition coefficient (Wildman–Crippen LogP) is 5.53. The van der Waals surface area contributed by atoms with Gasteiger partial charge in [-0.05, 0) is 56.6 Å². The third kappa shape index (κ3) is 9.41. The molecule has 3 N–H and O–H groups in total. The number of phenolic OH excluding ortho intramolecular Hbond substituents is 1. The number of hydrogen-bond donors (Lipinski definition) is 3. The Morgan fingerprint density at radius 1 is 1.18 bits per heavy atom. The molecule has 2 aromatic rings. The number of carbonyl (C=O) groups is 2. The van der Waals surface area contributed by atoms with Crippen molar-refractivity contribution in [2.24, 2.45) is 5.92 Å². The van der Waals surface area contributed by atoms with E-state index in [-0.39, 0.29) is 35.9 Å². The van der Waals surface area contributed by atoms with Crippen molar-refractivity contribution in [3.8, 4) is 5.75 Å². The van der Waals surface area contributed by atoms with Crippen molar-refractivity contribution in [1.29, 1.82) is 0 Å². The van der Waals surface area contributed by atoms with Crippen LogP contribution >= 0.6 is 35.6 Å². The number of halogens is 3. The van der Waals surface area contributed by atoms with Gasteiger partial charge in [0.25, 0.3) is 5.91 Å². The second-order valence-electron chi connectivity index (χ2n) is 7.99. The number of amides is 1. The van der Waals surface area contributed by atoms with Crippen molar-refractivity contribution in [2.45, 2.75) is 38.6 Å². The molecule has 9 heteroatoms. The van der Waals surface area contributed by atoms with E-state index < -0.39 is 23.7 Å². The van der Waals surface area contributed by atoms with Crippen molar-refractivity contribution >= 4 is 47.5 Å². The zero-order valence-electron chi connectivity index (χ0n) is 18.8. The zero-order chi connectivity index (χ0) is 23.7. The SMILES string of the molecule is CCC1CCN(C)CC1.Cl.O=C(N[C@@H](Cc1ccccc1)C(=O)O)c1cc(Cl)cc(Cl)c1O.[HH]. The smallest absolute Gasteiger partial charge is 0.326 e. The molecule has 6 nitrogen and oxygen atoms in total. The number of nitrogens with zero attached hydrogens (tertiary/aromatic N) is 1. The fourth-order valence-corrected chi connectivity index (χ4v) is 3.99. The summed E-state index contributed by atoms with van der Waals surface area (Å²) in [5, 5.41) is 21.5. The molecule has 1 amide bonds. The van der Waals surface area contributed by atoms with Crippen LogP contribution in [0, 0.1) is 5.92 Å². The van der Waals surface area contributed by atoms with Crippen LogP contribution in [0.15, 0.2) is 42.5 Å². The van der Waals surface area contributed by atoms with Crippen molar-refractivity contribution in [2.75, 3.05) is 20.1 Å². The fourth-order valence-electron chi connectivity index (χ4n) is 3.50. The fraction of sp³-hybridized carbons (Fsp3) is 0.417. The normalized spacial score (nSPS) is 14.9. The average molecular weight is 520 g/mol. The Hall–Kier alpha value is -1.99. The number of rotatable bonds is 6. The van der Waals surface area contributed by atoms with E-state index in [1.165, 1.54) is 44.5 Å². The van der Waals surface area contributed by atoms with Crippen LogP contribution in [0.4, 0.5) is 0 Å². The van der Waals surface area contributed by atoms with Crippen LogP contribution in [-0.4, -0.2) is 53.2 Å². The van der Waals surface area contributed by atoms with Crippen LogP contribution in [0.1, 0.15) is 43.5 Å². The first-order chi connectivity index (χ1) is 15.2. The number of carbonyl (C=O) groups excluding carboxylic acids is 1. The molecular weight excluding hydrogens is 487 g/mol. The molecule has 3 rings (SSSR count). The molecular formula is C24H33Cl3N2O4. The molecule has 1 aliphatic heterocycles. The maximum Gasteiger partial charge on any atom is 0.326 e. The number of aliphatic carboxylic acids is 1. The molecule has 1 fully saturated rings. The largest absolute Gasteiger partial charge is 0.506 e. The minimum atomic E-state index is -1.19. The van der Waals surface area contributed by atoms with E-state index in [2.05, 4.69) is 24.2 Å². The summed E-state index contributed by atoms with van der Waals surface area (Å²) in [6.45, 7) is 4.94. The van der Waals surface area contributed by atoms with Crippen LogP contribution in [0.5, 0.6) is 5.75 Å². The van der Waals surface area contributed by atoms with E-state index in [1.807, 2.05) is 6.07 Å². The number of hydrogen-bond acceptors (Lipinski definition) is 4. The maximum absolute atomic E-state index is 12.2. The van der Waals surface area contributed by atoms with E-state index in [0.29, 0.717) is 0 Å². The van der Waals surface area contributed by atoms with Gasteiger partial charge >= 0.3 is 5.97 Å². The third-order valence-corrected chi connectivity index (χ3v) is 6.08. The quantitative estimate of drug-likeness (QED) is 0.467. The molecule has 33 heavy (non-hydrogen) atoms. The molecule has 0 unspecified atom stereocenters. The summed E-state index contributed by atoms with van der Waals surface area (Å²) in [6.07, 6.45) is 4.34. The number of piperidine rings is 1. The van der Waals surface area contributed by atoms with Gasteiger partial charge in [-0.15, -0.1) is 12.4 Å². The van der Waals surface area contributed by atoms with Gasteiger partial charge in [-0.2, -0.15) is 0 Å². The van der Waals surface area contributed by atoms with Gasteiger partial charge in [0, 0.05) is 12.9 Å². The average Bonchev–Trinajstić information content (AvgIpc) is 2.77. The minimum Gasteiger partial charge on any atom is -0.506 e. The summed E-state index contributed by atoms with van der Waals surface area (Å²) < 4.78 is 0. The summed E-state index contributed by atoms with van der Waals surface area (Å²) in [6, 6.07) is 10.2. The Kier molecular flexibility index (Phi) is 12.6. The first-order valence-corrected chi connectivity index (χ1v) is 11.4. The molecule has 184 valence electrons. The molecule has 0 spiro atoms. The minimum absolute atomic E-state index is 0. The first kappa shape index (κ1) is 29.0. The lowest BCUT2D eigenvalue weighted by atomic mass is 9.95. The maximum atomic E-state index is 12.2. The molecule has 1 atom stereocenters. The molecule has 1 aliphatic rings. The number of phenols is 1. The molecule has 0 aromatic heterocycles. The summed E-state index contributed by atoms with van der Waals surface area (Å²) in [5.74, 6) is -1.37. The third-order valence-electron chi connectivity index (χ3n) is 5.57. The van der Waals surface area contributed by atoms with Gasteiger partial charge in [0.1, 0.15) is 11.8 Å². The van der Waals surface area contributed by atoms with E-state index in [4.69, 9.17) is 23.2 Å². The summed E-state index contributed by atoms with van der Waals surface area (Å²) in [5.41, 5.74) is 0.579. The standard InChI is InChI=1S/C16H13Cl2NO4.C8H17N.ClH.H2/c17-10-7-11(14(20)12(18)8-10)15(21)19-13(16(22)23)6-9-4-2-1-3-5-9;1-3-8-4-6-9(2)7-5-8;;/h1-5,7-8,13,20H,6H2,(H,19,21)(H,22,23);8H,3-7H2,1-2H3;2*1H/t13-;;;/m0.../s1. The van der Waals surface area contributed by atoms with Gasteiger partial charge in [-0.3, -0.25) is 4.79 Å². The molecule has 2 aromatic carbocycles. The highest BCUT2D eigenvalue weighted by molar-refractivity contribution is 6.36. The summed E-state index contributed by atoms with van der Waals surface area (Å²) >= 11 is 11.6. The van der Waals surface area contributed by atoms with Gasteiger partial charge in [0.2, 0.25) is 0 Å². The highest BCUT2D eigenvalue weighted by atomic mass is 35.5. The monoisotopic (exact) mass is 518 g/mol. The summed E-state index contributed by atoms with van der Waals surface area (Å²) in [7, 11) is 2.21. The number of nitrogens with one attached hydrogen (secondary N) is 1. The molecule has 0 radical (unpaired) electrons. The van der Waals surface area contributed by atoms with Crippen LogP contribution in [-0.2, 0) is 11.2 Å². The lowest BCUT2D eigenvalue weighted by Gasteiger charge is -2.27. The van der Waals surface area contributed by atoms with E-state index in [9.17, 15) is 19.8 Å².